The average molecular weight is 262 g/mol. The van der Waals surface area contributed by atoms with Crippen LogP contribution in [-0.2, 0) is 6.42 Å². The number of hydrogen-bond acceptors (Lipinski definition) is 4. The average Bonchev–Trinajstić information content (AvgIpc) is 2.88. The van der Waals surface area contributed by atoms with Gasteiger partial charge in [0, 0.05) is 18.9 Å². The molecule has 2 aromatic rings. The highest BCUT2D eigenvalue weighted by molar-refractivity contribution is 7.15. The summed E-state index contributed by atoms with van der Waals surface area (Å²) in [7, 11) is 1.99. The van der Waals surface area contributed by atoms with Gasteiger partial charge in [0.25, 0.3) is 0 Å². The lowest BCUT2D eigenvalue weighted by Gasteiger charge is -2.16. The predicted octanol–water partition coefficient (Wildman–Crippen LogP) is 3.53. The van der Waals surface area contributed by atoms with Crippen LogP contribution in [0.3, 0.4) is 0 Å². The van der Waals surface area contributed by atoms with E-state index >= 15 is 0 Å². The van der Waals surface area contributed by atoms with Gasteiger partial charge in [0.1, 0.15) is 0 Å². The van der Waals surface area contributed by atoms with E-state index in [0.29, 0.717) is 0 Å². The molecule has 1 N–H and O–H groups in total. The molecule has 0 saturated carbocycles. The molecule has 1 atom stereocenters. The van der Waals surface area contributed by atoms with E-state index in [4.69, 9.17) is 0 Å². The molecule has 1 aromatic heterocycles. The standard InChI is InChI=1S/C14H18N2OS/c1-4-11-5-7-12(8-6-11)16(3)14-15-9-13(18-14)10(2)17/h5-10,17H,4H2,1-3H3. The van der Waals surface area contributed by atoms with Crippen molar-refractivity contribution in [3.8, 4) is 0 Å². The Balaban J connectivity index is 2.20. The van der Waals surface area contributed by atoms with Crippen LogP contribution in [0, 0.1) is 0 Å². The number of thiazole rings is 1. The Labute approximate surface area is 112 Å². The van der Waals surface area contributed by atoms with E-state index in [1.54, 1.807) is 13.1 Å². The van der Waals surface area contributed by atoms with Crippen LogP contribution in [0.1, 0.15) is 30.4 Å². The highest BCUT2D eigenvalue weighted by Crippen LogP contribution is 2.30. The molecule has 0 fully saturated rings. The molecule has 1 unspecified atom stereocenters. The molecule has 0 radical (unpaired) electrons. The van der Waals surface area contributed by atoms with E-state index in [9.17, 15) is 5.11 Å². The number of aryl methyl sites for hydroxylation is 1. The van der Waals surface area contributed by atoms with Gasteiger partial charge in [-0.05, 0) is 31.0 Å². The second-order valence-electron chi connectivity index (χ2n) is 4.30. The second kappa shape index (κ2) is 5.50. The summed E-state index contributed by atoms with van der Waals surface area (Å²) in [5.41, 5.74) is 2.44. The molecule has 2 rings (SSSR count). The molecule has 3 nitrogen and oxygen atoms in total. The number of aliphatic hydroxyl groups excluding tert-OH is 1. The number of aromatic nitrogens is 1. The summed E-state index contributed by atoms with van der Waals surface area (Å²) in [6.45, 7) is 3.90. The Hall–Kier alpha value is -1.39. The fourth-order valence-electron chi connectivity index (χ4n) is 1.69. The first-order valence-corrected chi connectivity index (χ1v) is 6.90. The molecule has 0 aliphatic carbocycles. The maximum atomic E-state index is 9.51. The highest BCUT2D eigenvalue weighted by Gasteiger charge is 2.11. The van der Waals surface area contributed by atoms with Gasteiger partial charge in [-0.15, -0.1) is 0 Å². The summed E-state index contributed by atoms with van der Waals surface area (Å²) in [5.74, 6) is 0. The third kappa shape index (κ3) is 2.71. The Morgan fingerprint density at radius 1 is 1.33 bits per heavy atom. The quantitative estimate of drug-likeness (QED) is 0.915. The Morgan fingerprint density at radius 2 is 2.00 bits per heavy atom. The largest absolute Gasteiger partial charge is 0.388 e. The lowest BCUT2D eigenvalue weighted by molar-refractivity contribution is 0.203. The van der Waals surface area contributed by atoms with Crippen molar-refractivity contribution >= 4 is 22.2 Å². The molecule has 0 bridgehead atoms. The zero-order valence-corrected chi connectivity index (χ0v) is 11.7. The van der Waals surface area contributed by atoms with Crippen LogP contribution in [0.5, 0.6) is 0 Å². The first-order valence-electron chi connectivity index (χ1n) is 6.08. The van der Waals surface area contributed by atoms with Crippen LogP contribution >= 0.6 is 11.3 Å². The van der Waals surface area contributed by atoms with E-state index in [1.165, 1.54) is 16.9 Å². The van der Waals surface area contributed by atoms with Crippen molar-refractivity contribution in [2.45, 2.75) is 26.4 Å². The SMILES string of the molecule is CCc1ccc(N(C)c2ncc(C(C)O)s2)cc1. The number of hydrogen-bond donors (Lipinski definition) is 1. The lowest BCUT2D eigenvalue weighted by atomic mass is 10.1. The molecular formula is C14H18N2OS. The molecule has 96 valence electrons. The Kier molecular flexibility index (Phi) is 3.99. The van der Waals surface area contributed by atoms with Crippen LogP contribution < -0.4 is 4.90 Å². The molecular weight excluding hydrogens is 244 g/mol. The fourth-order valence-corrected chi connectivity index (χ4v) is 2.53. The van der Waals surface area contributed by atoms with E-state index in [-0.39, 0.29) is 0 Å². The first-order chi connectivity index (χ1) is 8.61. The minimum absolute atomic E-state index is 0.452. The van der Waals surface area contributed by atoms with Crippen molar-refractivity contribution in [2.75, 3.05) is 11.9 Å². The van der Waals surface area contributed by atoms with Crippen LogP contribution in [0.4, 0.5) is 10.8 Å². The fraction of sp³-hybridized carbons (Fsp3) is 0.357. The summed E-state index contributed by atoms with van der Waals surface area (Å²) < 4.78 is 0. The number of rotatable bonds is 4. The normalized spacial score (nSPS) is 12.4. The van der Waals surface area contributed by atoms with Crippen molar-refractivity contribution in [3.05, 3.63) is 40.9 Å². The lowest BCUT2D eigenvalue weighted by Crippen LogP contribution is -2.08. The maximum absolute atomic E-state index is 9.51. The van der Waals surface area contributed by atoms with Crippen molar-refractivity contribution in [3.63, 3.8) is 0 Å². The molecule has 0 saturated heterocycles. The van der Waals surface area contributed by atoms with Crippen molar-refractivity contribution in [1.82, 2.24) is 4.98 Å². The number of aliphatic hydroxyl groups is 1. The van der Waals surface area contributed by atoms with Crippen molar-refractivity contribution in [2.24, 2.45) is 0 Å². The van der Waals surface area contributed by atoms with Crippen molar-refractivity contribution < 1.29 is 5.11 Å². The molecule has 1 heterocycles. The molecule has 4 heteroatoms. The monoisotopic (exact) mass is 262 g/mol. The zero-order valence-electron chi connectivity index (χ0n) is 10.9. The van der Waals surface area contributed by atoms with Crippen LogP contribution in [0.2, 0.25) is 0 Å². The van der Waals surface area contributed by atoms with Crippen LogP contribution in [0.25, 0.3) is 0 Å². The third-order valence-corrected chi connectivity index (χ3v) is 4.19. The predicted molar refractivity (Wildman–Crippen MR) is 76.6 cm³/mol. The highest BCUT2D eigenvalue weighted by atomic mass is 32.1. The molecule has 0 aliphatic heterocycles. The zero-order chi connectivity index (χ0) is 13.1. The van der Waals surface area contributed by atoms with Crippen LogP contribution in [0.15, 0.2) is 30.5 Å². The van der Waals surface area contributed by atoms with Gasteiger partial charge >= 0.3 is 0 Å². The van der Waals surface area contributed by atoms with E-state index in [1.807, 2.05) is 11.9 Å². The number of benzene rings is 1. The van der Waals surface area contributed by atoms with Gasteiger partial charge in [-0.25, -0.2) is 4.98 Å². The summed E-state index contributed by atoms with van der Waals surface area (Å²) in [4.78, 5) is 7.27. The minimum atomic E-state index is -0.452. The summed E-state index contributed by atoms with van der Waals surface area (Å²) in [5, 5.41) is 10.4. The van der Waals surface area contributed by atoms with Gasteiger partial charge in [0.15, 0.2) is 5.13 Å². The van der Waals surface area contributed by atoms with Crippen molar-refractivity contribution in [1.29, 1.82) is 0 Å². The molecule has 0 spiro atoms. The van der Waals surface area contributed by atoms with Gasteiger partial charge < -0.3 is 10.0 Å². The smallest absolute Gasteiger partial charge is 0.189 e. The Bertz CT molecular complexity index is 505. The second-order valence-corrected chi connectivity index (χ2v) is 5.34. The van der Waals surface area contributed by atoms with Crippen LogP contribution in [-0.4, -0.2) is 17.1 Å². The summed E-state index contributed by atoms with van der Waals surface area (Å²) in [6.07, 6.45) is 2.33. The Morgan fingerprint density at radius 3 is 2.50 bits per heavy atom. The van der Waals surface area contributed by atoms with E-state index in [2.05, 4.69) is 36.2 Å². The summed E-state index contributed by atoms with van der Waals surface area (Å²) in [6, 6.07) is 8.47. The van der Waals surface area contributed by atoms with E-state index < -0.39 is 6.10 Å². The molecule has 1 aromatic carbocycles. The molecule has 0 aliphatic rings. The maximum Gasteiger partial charge on any atom is 0.189 e. The number of anilines is 2. The summed E-state index contributed by atoms with van der Waals surface area (Å²) >= 11 is 1.52. The van der Waals surface area contributed by atoms with Gasteiger partial charge in [-0.1, -0.05) is 30.4 Å². The topological polar surface area (TPSA) is 36.4 Å². The first kappa shape index (κ1) is 13.1. The number of nitrogens with zero attached hydrogens (tertiary/aromatic N) is 2. The minimum Gasteiger partial charge on any atom is -0.388 e. The van der Waals surface area contributed by atoms with Gasteiger partial charge in [0.2, 0.25) is 0 Å². The molecule has 0 amide bonds. The van der Waals surface area contributed by atoms with E-state index in [0.717, 1.165) is 22.1 Å². The third-order valence-electron chi connectivity index (χ3n) is 2.94. The van der Waals surface area contributed by atoms with Gasteiger partial charge in [-0.2, -0.15) is 0 Å². The van der Waals surface area contributed by atoms with Gasteiger partial charge in [-0.3, -0.25) is 0 Å². The molecule has 18 heavy (non-hydrogen) atoms. The van der Waals surface area contributed by atoms with Gasteiger partial charge in [0.05, 0.1) is 11.0 Å².